The molecule has 264 valence electrons. The Morgan fingerprint density at radius 3 is 1.72 bits per heavy atom. The van der Waals surface area contributed by atoms with E-state index in [1.54, 1.807) is 30.3 Å². The minimum absolute atomic E-state index is 0. The summed E-state index contributed by atoms with van der Waals surface area (Å²) >= 11 is 5.79. The summed E-state index contributed by atoms with van der Waals surface area (Å²) in [7, 11) is -6.19. The lowest BCUT2D eigenvalue weighted by Gasteiger charge is -2.43. The summed E-state index contributed by atoms with van der Waals surface area (Å²) in [6, 6.07) is 13.0. The van der Waals surface area contributed by atoms with E-state index in [0.717, 1.165) is 6.92 Å². The summed E-state index contributed by atoms with van der Waals surface area (Å²) in [5.41, 5.74) is 0.609. The van der Waals surface area contributed by atoms with Gasteiger partial charge in [0.05, 0.1) is 55.8 Å². The van der Waals surface area contributed by atoms with Gasteiger partial charge in [-0.25, -0.2) is 14.0 Å². The van der Waals surface area contributed by atoms with Crippen molar-refractivity contribution in [2.45, 2.75) is 46.1 Å². The van der Waals surface area contributed by atoms with Gasteiger partial charge in [-0.1, -0.05) is 68.1 Å². The molecule has 12 nitrogen and oxygen atoms in total. The first-order chi connectivity index (χ1) is 31.8. The Bertz CT molecular complexity index is 2270. The van der Waals surface area contributed by atoms with Gasteiger partial charge in [-0.3, -0.25) is 9.13 Å². The Morgan fingerprint density at radius 1 is 0.826 bits per heavy atom. The molecule has 0 bridgehead atoms. The molecule has 0 saturated carbocycles. The van der Waals surface area contributed by atoms with Crippen molar-refractivity contribution < 1.29 is 77.0 Å². The van der Waals surface area contributed by atoms with Gasteiger partial charge < -0.3 is 34.8 Å². The van der Waals surface area contributed by atoms with Crippen LogP contribution in [0.1, 0.15) is 95.6 Å². The average Bonchev–Trinajstić information content (AvgIpc) is 3.14. The van der Waals surface area contributed by atoms with E-state index < -0.39 is 122 Å². The summed E-state index contributed by atoms with van der Waals surface area (Å²) in [5, 5.41) is 38.4. The van der Waals surface area contributed by atoms with Crippen molar-refractivity contribution in [1.29, 1.82) is 0 Å². The van der Waals surface area contributed by atoms with Crippen LogP contribution in [0.4, 0.5) is 0 Å². The molecule has 46 heavy (non-hydrogen) atoms. The molecule has 4 rings (SSSR count). The first-order valence-corrected chi connectivity index (χ1v) is 16.3. The molecule has 5 N–H and O–H groups in total. The van der Waals surface area contributed by atoms with E-state index in [4.69, 9.17) is 64.4 Å². The maximum atomic E-state index is 14.5. The van der Waals surface area contributed by atoms with Crippen LogP contribution in [0, 0.1) is 0 Å². The van der Waals surface area contributed by atoms with Crippen molar-refractivity contribution in [3.05, 3.63) is 71.8 Å². The van der Waals surface area contributed by atoms with Crippen molar-refractivity contribution in [3.63, 3.8) is 0 Å². The third-order valence-corrected chi connectivity index (χ3v) is 9.39. The van der Waals surface area contributed by atoms with Crippen molar-refractivity contribution >= 4 is 25.8 Å². The Labute approximate surface area is 319 Å². The largest absolute Gasteiger partial charge is 0.395 e. The summed E-state index contributed by atoms with van der Waals surface area (Å²) in [6.07, 6.45) is -6.76. The normalized spacial score (nSPS) is 41.3. The number of rotatable bonds is 13. The lowest BCUT2D eigenvalue weighted by Crippen LogP contribution is -2.40. The van der Waals surface area contributed by atoms with Crippen LogP contribution in [0.2, 0.25) is 0 Å². The predicted molar refractivity (Wildman–Crippen MR) is 185 cm³/mol. The molecule has 0 radical (unpaired) electrons. The van der Waals surface area contributed by atoms with Gasteiger partial charge in [0.25, 0.3) is 0 Å². The van der Waals surface area contributed by atoms with E-state index in [2.05, 4.69) is 4.52 Å². The lowest BCUT2D eigenvalue weighted by atomic mass is 10.1. The zero-order valence-corrected chi connectivity index (χ0v) is 26.0. The fraction of sp³-hybridized carbons (Fsp3) is 0.613. The molecule has 0 aliphatic carbocycles. The maximum Gasteiger partial charge on any atom is 0.363 e. The molecule has 15 heteroatoms. The predicted octanol–water partition coefficient (Wildman–Crippen LogP) is 4.88. The van der Waals surface area contributed by atoms with E-state index in [-0.39, 0.29) is 17.7 Å². The number of hydrogen-bond donors (Lipinski definition) is 5. The van der Waals surface area contributed by atoms with E-state index in [9.17, 15) is 19.3 Å². The number of halogens is 1. The van der Waals surface area contributed by atoms with Crippen LogP contribution in [0.5, 0.6) is 0 Å². The van der Waals surface area contributed by atoms with Gasteiger partial charge in [-0.15, -0.1) is 0 Å². The summed E-state index contributed by atoms with van der Waals surface area (Å²) in [5.74, 6) is 0. The zero-order valence-electron chi connectivity index (χ0n) is 51.5. The van der Waals surface area contributed by atoms with Crippen LogP contribution in [-0.4, -0.2) is 113 Å². The Morgan fingerprint density at radius 2 is 1.26 bits per heavy atom. The van der Waals surface area contributed by atoms with Gasteiger partial charge in [0.2, 0.25) is 0 Å². The molecular weight excluding hydrogens is 654 g/mol. The maximum absolute atomic E-state index is 14.5. The highest BCUT2D eigenvalue weighted by Gasteiger charge is 2.43. The molecule has 0 aromatic heterocycles. The molecule has 2 saturated heterocycles. The number of nitrogens with zero attached hydrogens (tertiary/aromatic N) is 3. The average molecular weight is 737 g/mol. The lowest BCUT2D eigenvalue weighted by molar-refractivity contribution is 0.126. The zero-order chi connectivity index (χ0) is 58.2. The molecule has 2 aliphatic rings. The van der Waals surface area contributed by atoms with Gasteiger partial charge >= 0.3 is 14.5 Å². The Hall–Kier alpha value is -1.21. The Kier molecular flexibility index (Phi) is 8.17. The number of hydrogen-bond acceptors (Lipinski definition) is 9. The van der Waals surface area contributed by atoms with Gasteiger partial charge in [0, 0.05) is 73.0 Å². The van der Waals surface area contributed by atoms with E-state index >= 15 is 0 Å². The first-order valence-electron chi connectivity index (χ1n) is 26.3. The second-order valence-corrected chi connectivity index (χ2v) is 12.8. The van der Waals surface area contributed by atoms with Crippen LogP contribution >= 0.6 is 25.8 Å². The molecule has 2 aromatic rings. The molecule has 0 amide bonds. The number of benzene rings is 2. The topological polar surface area (TPSA) is 155 Å². The molecule has 4 unspecified atom stereocenters. The van der Waals surface area contributed by atoms with Gasteiger partial charge in [-0.05, 0) is 49.0 Å². The van der Waals surface area contributed by atoms with Crippen molar-refractivity contribution in [2.75, 3.05) is 78.3 Å². The molecule has 0 spiro atoms. The number of aliphatic hydroxyl groups is 4. The highest BCUT2D eigenvalue weighted by atomic mass is 35.7. The summed E-state index contributed by atoms with van der Waals surface area (Å²) in [4.78, 5) is 0. The van der Waals surface area contributed by atoms with Crippen molar-refractivity contribution in [3.8, 4) is 0 Å². The highest BCUT2D eigenvalue weighted by molar-refractivity contribution is 7.83. The molecule has 2 aromatic carbocycles. The van der Waals surface area contributed by atoms with Crippen LogP contribution in [-0.2, 0) is 18.2 Å². The fourth-order valence-electron chi connectivity index (χ4n) is 3.37. The molecule has 4 atom stereocenters. The van der Waals surface area contributed by atoms with Crippen LogP contribution in [0.25, 0.3) is 0 Å². The third-order valence-electron chi connectivity index (χ3n) is 5.39. The minimum atomic E-state index is -6.19. The second kappa shape index (κ2) is 23.2. The fourth-order valence-corrected chi connectivity index (χ4v) is 6.56. The summed E-state index contributed by atoms with van der Waals surface area (Å²) in [6.45, 7) is -45.9. The first kappa shape index (κ1) is 16.2. The molecule has 2 aliphatic heterocycles. The SMILES string of the molecule is C.[2H]C([2H])(O)C([2H])([2H])N(C([2H])([2H])C([2H])([2H])O)P1(=O)OC([2H])([2H])C([2H])([2H])C([2H])([2H])N1C(C)c1ccccc1.[2H]C([2H])(O)C([2H])([2H])NC([2H])([2H])C([2H])([2H])O.[2H]C1([2H])OP(=O)(Cl)N(C(C)c2ccccc2)C([2H])([2H])C1([2H])[2H]. The Balaban J connectivity index is 0.000000612. The van der Waals surface area contributed by atoms with E-state index in [1.165, 1.54) is 42.6 Å². The smallest absolute Gasteiger partial charge is 0.363 e. The molecule has 2 heterocycles. The van der Waals surface area contributed by atoms with Crippen molar-refractivity contribution in [1.82, 2.24) is 19.3 Å². The van der Waals surface area contributed by atoms with E-state index in [1.807, 2.05) is 0 Å². The van der Waals surface area contributed by atoms with Crippen LogP contribution in [0.3, 0.4) is 0 Å². The highest BCUT2D eigenvalue weighted by Crippen LogP contribution is 2.61. The summed E-state index contributed by atoms with van der Waals surface area (Å²) < 4.78 is 248. The van der Waals surface area contributed by atoms with Gasteiger partial charge in [0.15, 0.2) is 0 Å². The van der Waals surface area contributed by atoms with Gasteiger partial charge in [0.1, 0.15) is 0 Å². The second-order valence-electron chi connectivity index (χ2n) is 8.02. The standard InChI is InChI=1S/C15H25N2O4P.C11H15ClNO2P.C4H11NO2.CH4/c1-14(15-6-3-2-4-7-15)17-8-5-13-21-22(17,20)16(9-11-18)10-12-19;1-10(11-6-3-2-4-7-11)13-8-5-9-15-16(13,12)14;6-3-1-5-2-4-7;/h2-4,6-7,14,18-19H,5,8-13H2,1H3;2-4,6-7,10H,5,8-9H2,1H3;5-7H,1-4H2;1H4/i5D2,8D2,9D2,10D2,11D2,12D2,13D2;5D2,8D2,9D2;1D2,2D2,3D2,4D2;. The molecule has 2 fully saturated rings. The van der Waals surface area contributed by atoms with Gasteiger partial charge in [-0.2, -0.15) is 0 Å². The molecular formula is C31H55ClN4O8P2. The van der Waals surface area contributed by atoms with E-state index in [0.29, 0.717) is 10.2 Å². The van der Waals surface area contributed by atoms with Crippen LogP contribution in [0.15, 0.2) is 60.7 Å². The monoisotopic (exact) mass is 736 g/mol. The minimum Gasteiger partial charge on any atom is -0.395 e. The van der Waals surface area contributed by atoms with Crippen molar-refractivity contribution in [2.24, 2.45) is 0 Å². The van der Waals surface area contributed by atoms with Crippen LogP contribution < -0.4 is 5.32 Å². The third kappa shape index (κ3) is 13.4. The number of nitrogens with one attached hydrogen (secondary N) is 1. The quantitative estimate of drug-likeness (QED) is 0.178.